The van der Waals surface area contributed by atoms with E-state index in [4.69, 9.17) is 4.74 Å². The Labute approximate surface area is 148 Å². The molecule has 2 nitrogen and oxygen atoms in total. The molecule has 0 saturated heterocycles. The van der Waals surface area contributed by atoms with Gasteiger partial charge in [-0.05, 0) is 47.4 Å². The normalized spacial score (nSPS) is 11.6. The van der Waals surface area contributed by atoms with Gasteiger partial charge in [-0.15, -0.1) is 11.3 Å². The first kappa shape index (κ1) is 17.0. The van der Waals surface area contributed by atoms with Crippen LogP contribution in [0.4, 0.5) is 0 Å². The molecule has 24 heavy (non-hydrogen) atoms. The second-order valence-corrected chi connectivity index (χ2v) is 7.60. The molecule has 3 aromatic rings. The van der Waals surface area contributed by atoms with Crippen molar-refractivity contribution in [3.8, 4) is 16.9 Å². The highest BCUT2D eigenvalue weighted by molar-refractivity contribution is 7.17. The van der Waals surface area contributed by atoms with E-state index in [2.05, 4.69) is 56.4 Å². The Morgan fingerprint density at radius 2 is 1.92 bits per heavy atom. The van der Waals surface area contributed by atoms with Crippen molar-refractivity contribution in [3.63, 3.8) is 0 Å². The van der Waals surface area contributed by atoms with Crippen LogP contribution in [0, 0.1) is 6.20 Å². The molecule has 125 valence electrons. The lowest BCUT2D eigenvalue weighted by atomic mass is 9.89. The molecule has 0 bridgehead atoms. The van der Waals surface area contributed by atoms with Crippen molar-refractivity contribution in [1.82, 2.24) is 4.98 Å². The van der Waals surface area contributed by atoms with Gasteiger partial charge in [0.2, 0.25) is 0 Å². The Balaban J connectivity index is 2.32. The van der Waals surface area contributed by atoms with Gasteiger partial charge in [-0.3, -0.25) is 4.98 Å². The minimum absolute atomic E-state index is 0.419. The van der Waals surface area contributed by atoms with Crippen LogP contribution in [0.5, 0.6) is 5.75 Å². The van der Waals surface area contributed by atoms with E-state index in [1.807, 2.05) is 19.2 Å². The first-order valence-electron chi connectivity index (χ1n) is 8.57. The molecule has 0 saturated carbocycles. The Morgan fingerprint density at radius 1 is 1.12 bits per heavy atom. The molecule has 1 radical (unpaired) electrons. The molecule has 3 heteroatoms. The topological polar surface area (TPSA) is 22.1 Å². The van der Waals surface area contributed by atoms with Crippen LogP contribution in [0.3, 0.4) is 0 Å². The molecule has 0 amide bonds. The molecular formula is C21H24NOS. The summed E-state index contributed by atoms with van der Waals surface area (Å²) < 4.78 is 7.30. The fraction of sp³-hybridized carbons (Fsp3) is 0.381. The number of ether oxygens (including phenoxy) is 1. The summed E-state index contributed by atoms with van der Waals surface area (Å²) in [6, 6.07) is 6.59. The van der Waals surface area contributed by atoms with Crippen LogP contribution >= 0.6 is 11.3 Å². The van der Waals surface area contributed by atoms with Crippen molar-refractivity contribution in [1.29, 1.82) is 0 Å². The quantitative estimate of drug-likeness (QED) is 0.536. The minimum Gasteiger partial charge on any atom is -0.493 e. The second kappa shape index (κ2) is 6.94. The second-order valence-electron chi connectivity index (χ2n) is 6.69. The summed E-state index contributed by atoms with van der Waals surface area (Å²) in [4.78, 5) is 4.12. The molecule has 0 aliphatic heterocycles. The van der Waals surface area contributed by atoms with E-state index >= 15 is 0 Å². The number of fused-ring (bicyclic) bond motifs is 1. The van der Waals surface area contributed by atoms with Gasteiger partial charge in [0.05, 0.1) is 17.5 Å². The van der Waals surface area contributed by atoms with E-state index in [1.165, 1.54) is 32.3 Å². The Bertz CT molecular complexity index is 848. The molecule has 2 aromatic heterocycles. The third-order valence-corrected chi connectivity index (χ3v) is 5.26. The maximum atomic E-state index is 6.12. The van der Waals surface area contributed by atoms with Crippen LogP contribution in [-0.2, 0) is 0 Å². The highest BCUT2D eigenvalue weighted by Crippen LogP contribution is 2.43. The van der Waals surface area contributed by atoms with Gasteiger partial charge in [0.1, 0.15) is 5.75 Å². The van der Waals surface area contributed by atoms with Gasteiger partial charge in [0.25, 0.3) is 0 Å². The van der Waals surface area contributed by atoms with Crippen molar-refractivity contribution in [2.24, 2.45) is 0 Å². The largest absolute Gasteiger partial charge is 0.493 e. The highest BCUT2D eigenvalue weighted by atomic mass is 32.1. The third-order valence-electron chi connectivity index (χ3n) is 4.33. The molecule has 0 fully saturated rings. The molecular weight excluding hydrogens is 314 g/mol. The van der Waals surface area contributed by atoms with E-state index in [0.29, 0.717) is 18.4 Å². The zero-order valence-corrected chi connectivity index (χ0v) is 15.8. The average Bonchev–Trinajstić information content (AvgIpc) is 2.98. The number of benzene rings is 1. The van der Waals surface area contributed by atoms with Crippen molar-refractivity contribution >= 4 is 21.4 Å². The molecule has 0 aliphatic rings. The van der Waals surface area contributed by atoms with Crippen LogP contribution in [-0.4, -0.2) is 11.6 Å². The average molecular weight is 338 g/mol. The number of rotatable bonds is 5. The molecule has 2 heterocycles. The minimum atomic E-state index is 0.419. The maximum absolute atomic E-state index is 6.12. The standard InChI is InChI=1S/C21H24NOS/c1-6-23-21-17(14(4)5)9-15(13(2)3)10-18(21)19-12-24-20-11-22-8-7-16(19)20/h7,9-14H,6H2,1-5H3. The highest BCUT2D eigenvalue weighted by Gasteiger charge is 2.19. The number of thiophene rings is 1. The summed E-state index contributed by atoms with van der Waals surface area (Å²) in [5, 5.41) is 3.42. The van der Waals surface area contributed by atoms with Gasteiger partial charge in [0.15, 0.2) is 0 Å². The monoisotopic (exact) mass is 338 g/mol. The summed E-state index contributed by atoms with van der Waals surface area (Å²) in [5.41, 5.74) is 5.06. The van der Waals surface area contributed by atoms with E-state index in [9.17, 15) is 0 Å². The molecule has 1 aromatic carbocycles. The van der Waals surface area contributed by atoms with E-state index < -0.39 is 0 Å². The van der Waals surface area contributed by atoms with Crippen molar-refractivity contribution in [3.05, 3.63) is 47.1 Å². The summed E-state index contributed by atoms with van der Waals surface area (Å²) in [6.45, 7) is 11.7. The van der Waals surface area contributed by atoms with Gasteiger partial charge in [0, 0.05) is 22.7 Å². The number of hydrogen-bond acceptors (Lipinski definition) is 3. The predicted octanol–water partition coefficient (Wildman–Crippen LogP) is 6.41. The Hall–Kier alpha value is -1.87. The van der Waals surface area contributed by atoms with Crippen LogP contribution < -0.4 is 4.74 Å². The summed E-state index contributed by atoms with van der Waals surface area (Å²) in [6.07, 6.45) is 4.86. The molecule has 0 aliphatic carbocycles. The van der Waals surface area contributed by atoms with Gasteiger partial charge < -0.3 is 4.74 Å². The van der Waals surface area contributed by atoms with E-state index in [-0.39, 0.29) is 0 Å². The van der Waals surface area contributed by atoms with Crippen LogP contribution in [0.2, 0.25) is 0 Å². The predicted molar refractivity (Wildman–Crippen MR) is 103 cm³/mol. The SMILES string of the molecule is CCOc1c(-c2csc3cn[c]cc23)cc(C(C)C)cc1C(C)C. The lowest BCUT2D eigenvalue weighted by Crippen LogP contribution is -2.03. The van der Waals surface area contributed by atoms with Gasteiger partial charge in [-0.25, -0.2) is 0 Å². The van der Waals surface area contributed by atoms with Crippen molar-refractivity contribution in [2.75, 3.05) is 6.61 Å². The lowest BCUT2D eigenvalue weighted by molar-refractivity contribution is 0.336. The first-order valence-corrected chi connectivity index (χ1v) is 9.45. The number of pyridine rings is 1. The zero-order valence-electron chi connectivity index (χ0n) is 15.0. The fourth-order valence-corrected chi connectivity index (χ4v) is 3.89. The molecule has 0 unspecified atom stereocenters. The van der Waals surface area contributed by atoms with Crippen molar-refractivity contribution in [2.45, 2.75) is 46.5 Å². The number of hydrogen-bond donors (Lipinski definition) is 0. The van der Waals surface area contributed by atoms with Crippen molar-refractivity contribution < 1.29 is 4.74 Å². The molecule has 3 rings (SSSR count). The first-order chi connectivity index (χ1) is 11.5. The molecule has 0 spiro atoms. The summed E-state index contributed by atoms with van der Waals surface area (Å²) >= 11 is 1.73. The third kappa shape index (κ3) is 3.05. The zero-order chi connectivity index (χ0) is 17.3. The molecule has 0 N–H and O–H groups in total. The Morgan fingerprint density at radius 3 is 2.58 bits per heavy atom. The Kier molecular flexibility index (Phi) is 4.91. The smallest absolute Gasteiger partial charge is 0.130 e. The lowest BCUT2D eigenvalue weighted by Gasteiger charge is -2.20. The van der Waals surface area contributed by atoms with E-state index in [1.54, 1.807) is 11.3 Å². The van der Waals surface area contributed by atoms with Gasteiger partial charge >= 0.3 is 0 Å². The van der Waals surface area contributed by atoms with Crippen LogP contribution in [0.1, 0.15) is 57.6 Å². The molecule has 0 atom stereocenters. The van der Waals surface area contributed by atoms with E-state index in [0.717, 1.165) is 5.75 Å². The number of aromatic nitrogens is 1. The van der Waals surface area contributed by atoms with Gasteiger partial charge in [-0.1, -0.05) is 33.8 Å². The van der Waals surface area contributed by atoms with Crippen LogP contribution in [0.25, 0.3) is 21.2 Å². The fourth-order valence-electron chi connectivity index (χ4n) is 2.98. The summed E-state index contributed by atoms with van der Waals surface area (Å²) in [7, 11) is 0. The van der Waals surface area contributed by atoms with Crippen LogP contribution in [0.15, 0.2) is 29.8 Å². The summed E-state index contributed by atoms with van der Waals surface area (Å²) in [5.74, 6) is 1.92. The maximum Gasteiger partial charge on any atom is 0.130 e. The van der Waals surface area contributed by atoms with Gasteiger partial charge in [-0.2, -0.15) is 0 Å². The number of nitrogens with zero attached hydrogens (tertiary/aromatic N) is 1.